The van der Waals surface area contributed by atoms with Gasteiger partial charge < -0.3 is 0 Å². The van der Waals surface area contributed by atoms with Gasteiger partial charge in [-0.3, -0.25) is 9.55 Å². The molecule has 10 rings (SSSR count). The van der Waals surface area contributed by atoms with Crippen LogP contribution in [-0.2, 0) is 5.41 Å². The van der Waals surface area contributed by atoms with Crippen LogP contribution in [-0.4, -0.2) is 19.5 Å². The topological polar surface area (TPSA) is 43.6 Å². The van der Waals surface area contributed by atoms with E-state index in [1.807, 2.05) is 12.3 Å². The van der Waals surface area contributed by atoms with Gasteiger partial charge in [-0.15, -0.1) is 11.3 Å². The number of pyridine rings is 1. The number of hydrogen-bond acceptors (Lipinski definition) is 4. The minimum Gasteiger partial charge on any atom is -0.278 e. The van der Waals surface area contributed by atoms with Gasteiger partial charge >= 0.3 is 0 Å². The Bertz CT molecular complexity index is 2700. The monoisotopic (exact) mass is 620 g/mol. The van der Waals surface area contributed by atoms with Crippen molar-refractivity contribution >= 4 is 54.1 Å². The van der Waals surface area contributed by atoms with Crippen LogP contribution in [0.4, 0.5) is 0 Å². The molecule has 5 heteroatoms. The normalized spacial score (nSPS) is 13.5. The third-order valence-electron chi connectivity index (χ3n) is 9.88. The highest BCUT2D eigenvalue weighted by Crippen LogP contribution is 2.56. The quantitative estimate of drug-likeness (QED) is 0.197. The molecule has 1 aliphatic carbocycles. The molecule has 0 saturated heterocycles. The predicted octanol–water partition coefficient (Wildman–Crippen LogP) is 11.0. The summed E-state index contributed by atoms with van der Waals surface area (Å²) < 4.78 is 3.60. The molecule has 0 bridgehead atoms. The number of rotatable bonds is 3. The van der Waals surface area contributed by atoms with E-state index in [2.05, 4.69) is 139 Å². The van der Waals surface area contributed by atoms with Gasteiger partial charge in [-0.05, 0) is 64.0 Å². The van der Waals surface area contributed by atoms with Crippen LogP contribution in [0, 0.1) is 0 Å². The molecule has 222 valence electrons. The summed E-state index contributed by atoms with van der Waals surface area (Å²) >= 11 is 1.79. The Hall–Kier alpha value is -5.65. The lowest BCUT2D eigenvalue weighted by Crippen LogP contribution is -2.16. The first kappa shape index (κ1) is 26.6. The molecule has 0 spiro atoms. The van der Waals surface area contributed by atoms with Crippen molar-refractivity contribution in [1.82, 2.24) is 19.5 Å². The molecule has 0 fully saturated rings. The van der Waals surface area contributed by atoms with Crippen molar-refractivity contribution in [1.29, 1.82) is 0 Å². The van der Waals surface area contributed by atoms with E-state index in [9.17, 15) is 0 Å². The maximum Gasteiger partial charge on any atom is 0.235 e. The van der Waals surface area contributed by atoms with Crippen LogP contribution >= 0.6 is 11.3 Å². The van der Waals surface area contributed by atoms with E-state index in [4.69, 9.17) is 15.0 Å². The van der Waals surface area contributed by atoms with Gasteiger partial charge in [0.05, 0.1) is 27.9 Å². The van der Waals surface area contributed by atoms with E-state index in [1.54, 1.807) is 11.3 Å². The first-order valence-electron chi connectivity index (χ1n) is 15.9. The number of benzene rings is 5. The highest BCUT2D eigenvalue weighted by atomic mass is 32.1. The fourth-order valence-electron chi connectivity index (χ4n) is 7.85. The SMILES string of the molecule is CC1(C)c2c(ccc3cccnc23)-c2c1c1c3ccsc3ccc1n2-c1nc(-c2ccccc2)c2cc(-c3ccccc3)ccc2n1. The Balaban J connectivity index is 1.34. The van der Waals surface area contributed by atoms with Gasteiger partial charge in [0.2, 0.25) is 5.95 Å². The summed E-state index contributed by atoms with van der Waals surface area (Å²) in [5.74, 6) is 0.675. The van der Waals surface area contributed by atoms with Crippen LogP contribution in [0.15, 0.2) is 133 Å². The maximum absolute atomic E-state index is 5.47. The lowest BCUT2D eigenvalue weighted by atomic mass is 9.80. The number of hydrogen-bond donors (Lipinski definition) is 0. The average molecular weight is 621 g/mol. The van der Waals surface area contributed by atoms with Crippen molar-refractivity contribution in [2.24, 2.45) is 0 Å². The Labute approximate surface area is 275 Å². The van der Waals surface area contributed by atoms with Crippen LogP contribution in [0.25, 0.3) is 82.4 Å². The zero-order valence-electron chi connectivity index (χ0n) is 25.9. The smallest absolute Gasteiger partial charge is 0.235 e. The third kappa shape index (κ3) is 3.72. The molecule has 0 unspecified atom stereocenters. The molecule has 0 aliphatic heterocycles. The molecular formula is C42H28N4S. The Morgan fingerprint density at radius 1 is 0.660 bits per heavy atom. The van der Waals surface area contributed by atoms with Gasteiger partial charge in [0.15, 0.2) is 0 Å². The molecule has 1 aliphatic rings. The molecule has 0 atom stereocenters. The van der Waals surface area contributed by atoms with E-state index < -0.39 is 0 Å². The molecule has 47 heavy (non-hydrogen) atoms. The number of thiophene rings is 1. The maximum atomic E-state index is 5.47. The van der Waals surface area contributed by atoms with Crippen LogP contribution in [0.3, 0.4) is 0 Å². The van der Waals surface area contributed by atoms with Crippen molar-refractivity contribution in [3.8, 4) is 39.6 Å². The molecule has 0 amide bonds. The fourth-order valence-corrected chi connectivity index (χ4v) is 8.64. The second-order valence-electron chi connectivity index (χ2n) is 12.9. The fraction of sp³-hybridized carbons (Fsp3) is 0.0714. The Kier molecular flexibility index (Phi) is 5.47. The van der Waals surface area contributed by atoms with E-state index >= 15 is 0 Å². The predicted molar refractivity (Wildman–Crippen MR) is 195 cm³/mol. The molecule has 0 radical (unpaired) electrons. The van der Waals surface area contributed by atoms with Crippen LogP contribution in [0.1, 0.15) is 25.0 Å². The number of aromatic nitrogens is 4. The summed E-state index contributed by atoms with van der Waals surface area (Å²) in [4.78, 5) is 15.8. The van der Waals surface area contributed by atoms with Crippen molar-refractivity contribution in [3.05, 3.63) is 144 Å². The first-order chi connectivity index (χ1) is 23.1. The lowest BCUT2D eigenvalue weighted by molar-refractivity contribution is 0.671. The van der Waals surface area contributed by atoms with Crippen molar-refractivity contribution < 1.29 is 0 Å². The zero-order valence-corrected chi connectivity index (χ0v) is 26.7. The summed E-state index contributed by atoms with van der Waals surface area (Å²) in [6.07, 6.45) is 1.91. The van der Waals surface area contributed by atoms with Crippen LogP contribution in [0.5, 0.6) is 0 Å². The van der Waals surface area contributed by atoms with Gasteiger partial charge in [0.25, 0.3) is 0 Å². The van der Waals surface area contributed by atoms with E-state index in [0.29, 0.717) is 5.95 Å². The van der Waals surface area contributed by atoms with Gasteiger partial charge in [-0.1, -0.05) is 98.8 Å². The third-order valence-corrected chi connectivity index (χ3v) is 10.8. The second kappa shape index (κ2) is 9.68. The summed E-state index contributed by atoms with van der Waals surface area (Å²) in [6.45, 7) is 4.70. The van der Waals surface area contributed by atoms with Crippen LogP contribution < -0.4 is 0 Å². The lowest BCUT2D eigenvalue weighted by Gasteiger charge is -2.23. The van der Waals surface area contributed by atoms with Gasteiger partial charge in [-0.2, -0.15) is 0 Å². The minimum absolute atomic E-state index is 0.290. The van der Waals surface area contributed by atoms with Gasteiger partial charge in [0.1, 0.15) is 0 Å². The van der Waals surface area contributed by atoms with Crippen molar-refractivity contribution in [3.63, 3.8) is 0 Å². The summed E-state index contributed by atoms with van der Waals surface area (Å²) in [7, 11) is 0. The largest absolute Gasteiger partial charge is 0.278 e. The molecule has 5 aromatic carbocycles. The molecule has 4 nitrogen and oxygen atoms in total. The molecule has 4 heterocycles. The molecular weight excluding hydrogens is 593 g/mol. The van der Waals surface area contributed by atoms with Crippen molar-refractivity contribution in [2.45, 2.75) is 19.3 Å². The molecule has 9 aromatic rings. The first-order valence-corrected chi connectivity index (χ1v) is 16.8. The summed E-state index contributed by atoms with van der Waals surface area (Å²) in [5.41, 5.74) is 12.0. The molecule has 0 N–H and O–H groups in total. The van der Waals surface area contributed by atoms with E-state index in [0.717, 1.165) is 49.8 Å². The zero-order chi connectivity index (χ0) is 31.3. The standard InChI is InChI=1S/C42H28N4S/c1-42(2)36-30(17-15-27-14-9-22-43-39(27)36)40-37(42)35-29-21-23-47-34(29)20-19-33(35)46(40)41-44-32-18-16-28(25-10-5-3-6-11-25)24-31(32)38(45-41)26-12-7-4-8-13-26/h3-24H,1-2H3. The second-order valence-corrected chi connectivity index (χ2v) is 13.8. The minimum atomic E-state index is -0.290. The number of fused-ring (bicyclic) bond motifs is 10. The molecule has 4 aromatic heterocycles. The van der Waals surface area contributed by atoms with Gasteiger partial charge in [-0.25, -0.2) is 9.97 Å². The van der Waals surface area contributed by atoms with E-state index in [1.165, 1.54) is 37.7 Å². The molecule has 0 saturated carbocycles. The average Bonchev–Trinajstić information content (AvgIpc) is 3.80. The van der Waals surface area contributed by atoms with Crippen molar-refractivity contribution in [2.75, 3.05) is 0 Å². The summed E-state index contributed by atoms with van der Waals surface area (Å²) in [6, 6.07) is 43.0. The summed E-state index contributed by atoms with van der Waals surface area (Å²) in [5, 5.41) is 6.93. The van der Waals surface area contributed by atoms with E-state index in [-0.39, 0.29) is 5.41 Å². The van der Waals surface area contributed by atoms with Crippen LogP contribution in [0.2, 0.25) is 0 Å². The van der Waals surface area contributed by atoms with Gasteiger partial charge in [0, 0.05) is 49.0 Å². The Morgan fingerprint density at radius 3 is 2.30 bits per heavy atom. The number of nitrogens with zero attached hydrogens (tertiary/aromatic N) is 4. The highest BCUT2D eigenvalue weighted by molar-refractivity contribution is 7.17. The Morgan fingerprint density at radius 2 is 1.47 bits per heavy atom. The highest BCUT2D eigenvalue weighted by Gasteiger charge is 2.43.